The van der Waals surface area contributed by atoms with Crippen LogP contribution < -0.4 is 4.90 Å². The number of benzene rings is 1. The molecule has 0 bridgehead atoms. The van der Waals surface area contributed by atoms with Crippen molar-refractivity contribution in [3.8, 4) is 17.3 Å². The fourth-order valence-corrected chi connectivity index (χ4v) is 5.49. The average Bonchev–Trinajstić information content (AvgIpc) is 3.34. The highest BCUT2D eigenvalue weighted by molar-refractivity contribution is 7.17. The minimum absolute atomic E-state index is 0.169. The molecule has 0 N–H and O–H groups in total. The van der Waals surface area contributed by atoms with Gasteiger partial charge in [-0.3, -0.25) is 14.4 Å². The van der Waals surface area contributed by atoms with Crippen molar-refractivity contribution in [1.29, 1.82) is 5.26 Å². The number of nitriles is 1. The second-order valence-corrected chi connectivity index (χ2v) is 11.9. The van der Waals surface area contributed by atoms with Gasteiger partial charge in [0.1, 0.15) is 11.6 Å². The van der Waals surface area contributed by atoms with E-state index >= 15 is 0 Å². The molecule has 212 valence electrons. The number of hydrogen-bond donors (Lipinski definition) is 0. The predicted octanol–water partition coefficient (Wildman–Crippen LogP) is 6.23. The number of aromatic nitrogens is 1. The van der Waals surface area contributed by atoms with Crippen molar-refractivity contribution in [2.75, 3.05) is 25.0 Å². The maximum Gasteiger partial charge on any atom is 0.290 e. The summed E-state index contributed by atoms with van der Waals surface area (Å²) in [6, 6.07) is 11.7. The van der Waals surface area contributed by atoms with Gasteiger partial charge >= 0.3 is 0 Å². The van der Waals surface area contributed by atoms with Crippen LogP contribution in [0.5, 0.6) is 0 Å². The molecule has 1 aliphatic heterocycles. The number of unbranched alkanes of at least 4 members (excludes halogenated alkanes) is 2. The van der Waals surface area contributed by atoms with Crippen LogP contribution in [0.15, 0.2) is 47.1 Å². The molecule has 2 heterocycles. The molecule has 2 aromatic rings. The third-order valence-corrected chi connectivity index (χ3v) is 7.82. The van der Waals surface area contributed by atoms with Crippen LogP contribution in [-0.2, 0) is 14.4 Å². The number of carbonyl (C=O) groups is 3. The quantitative estimate of drug-likeness (QED) is 0.252. The van der Waals surface area contributed by atoms with Crippen LogP contribution in [-0.4, -0.2) is 52.9 Å². The van der Waals surface area contributed by atoms with Crippen LogP contribution in [0.2, 0.25) is 0 Å². The molecular weight excluding hydrogens is 522 g/mol. The molecule has 0 fully saturated rings. The van der Waals surface area contributed by atoms with E-state index in [9.17, 15) is 19.6 Å². The van der Waals surface area contributed by atoms with E-state index in [1.807, 2.05) is 36.4 Å². The van der Waals surface area contributed by atoms with Crippen molar-refractivity contribution in [1.82, 2.24) is 15.0 Å². The Morgan fingerprint density at radius 3 is 2.20 bits per heavy atom. The van der Waals surface area contributed by atoms with E-state index in [-0.39, 0.29) is 16.7 Å². The number of imide groups is 1. The monoisotopic (exact) mass is 561 g/mol. The summed E-state index contributed by atoms with van der Waals surface area (Å²) in [4.78, 5) is 48.2. The van der Waals surface area contributed by atoms with Gasteiger partial charge in [0.25, 0.3) is 11.8 Å². The number of anilines is 1. The molecule has 0 saturated heterocycles. The number of rotatable bonds is 10. The van der Waals surface area contributed by atoms with E-state index in [0.29, 0.717) is 0 Å². The second-order valence-electron chi connectivity index (χ2n) is 10.9. The summed E-state index contributed by atoms with van der Waals surface area (Å²) >= 11 is 1.49. The van der Waals surface area contributed by atoms with E-state index < -0.39 is 23.1 Å². The lowest BCUT2D eigenvalue weighted by Crippen LogP contribution is -2.56. The van der Waals surface area contributed by atoms with Crippen molar-refractivity contribution in [2.24, 2.45) is 5.41 Å². The fraction of sp³-hybridized carbons (Fsp3) is 0.452. The molecule has 3 rings (SSSR count). The minimum Gasteiger partial charge on any atom is -0.348 e. The molecule has 0 saturated carbocycles. The number of thiazole rings is 1. The summed E-state index contributed by atoms with van der Waals surface area (Å²) in [7, 11) is 1.39. The summed E-state index contributed by atoms with van der Waals surface area (Å²) in [5, 5.41) is 12.5. The molecule has 1 aliphatic rings. The van der Waals surface area contributed by atoms with Crippen molar-refractivity contribution < 1.29 is 14.4 Å². The van der Waals surface area contributed by atoms with E-state index in [1.54, 1.807) is 33.8 Å². The van der Waals surface area contributed by atoms with E-state index in [4.69, 9.17) is 4.98 Å². The average molecular weight is 562 g/mol. The highest BCUT2D eigenvalue weighted by Crippen LogP contribution is 2.37. The fourth-order valence-electron chi connectivity index (χ4n) is 4.41. The normalized spacial score (nSPS) is 15.1. The van der Waals surface area contributed by atoms with Gasteiger partial charge in [0.15, 0.2) is 5.13 Å². The first-order valence-corrected chi connectivity index (χ1v) is 14.6. The minimum atomic E-state index is -0.838. The summed E-state index contributed by atoms with van der Waals surface area (Å²) in [6.45, 7) is 12.8. The maximum atomic E-state index is 13.8. The highest BCUT2D eigenvalue weighted by atomic mass is 32.1. The molecule has 8 nitrogen and oxygen atoms in total. The largest absolute Gasteiger partial charge is 0.348 e. The summed E-state index contributed by atoms with van der Waals surface area (Å²) < 4.78 is 0. The van der Waals surface area contributed by atoms with Crippen LogP contribution in [0.1, 0.15) is 72.1 Å². The second kappa shape index (κ2) is 13.1. The van der Waals surface area contributed by atoms with Crippen molar-refractivity contribution in [3.63, 3.8) is 0 Å². The third kappa shape index (κ3) is 6.50. The molecule has 0 spiro atoms. The van der Waals surface area contributed by atoms with E-state index in [2.05, 4.69) is 18.7 Å². The van der Waals surface area contributed by atoms with Gasteiger partial charge in [0.2, 0.25) is 5.91 Å². The van der Waals surface area contributed by atoms with Crippen LogP contribution in [0, 0.1) is 16.7 Å². The van der Waals surface area contributed by atoms with E-state index in [1.165, 1.54) is 18.4 Å². The van der Waals surface area contributed by atoms with Gasteiger partial charge in [0, 0.05) is 36.7 Å². The summed E-state index contributed by atoms with van der Waals surface area (Å²) in [6.07, 6.45) is 5.92. The number of carbonyl (C=O) groups excluding carboxylic acids is 3. The van der Waals surface area contributed by atoms with Gasteiger partial charge in [-0.1, -0.05) is 89.1 Å². The van der Waals surface area contributed by atoms with Crippen LogP contribution in [0.3, 0.4) is 0 Å². The zero-order chi connectivity index (χ0) is 29.6. The van der Waals surface area contributed by atoms with Gasteiger partial charge in [0.05, 0.1) is 10.6 Å². The van der Waals surface area contributed by atoms with Gasteiger partial charge in [-0.25, -0.2) is 9.99 Å². The van der Waals surface area contributed by atoms with Crippen molar-refractivity contribution in [3.05, 3.63) is 51.9 Å². The molecular formula is C31H39N5O3S. The molecule has 0 unspecified atom stereocenters. The number of hydrazine groups is 1. The van der Waals surface area contributed by atoms with Crippen LogP contribution >= 0.6 is 11.3 Å². The zero-order valence-electron chi connectivity index (χ0n) is 24.6. The molecule has 3 amide bonds. The third-order valence-electron chi connectivity index (χ3n) is 6.75. The lowest BCUT2D eigenvalue weighted by molar-refractivity contribution is -0.171. The van der Waals surface area contributed by atoms with Crippen molar-refractivity contribution in [2.45, 2.75) is 67.2 Å². The SMILES string of the molecule is CCCCN(CCCC)c1nc(-c2ccccc2)c(/C=C2\C(=O)N(N(C)C(=O)C(C)(C)C)C(=O)C(C#N)=C2C)s1. The highest BCUT2D eigenvalue weighted by Gasteiger charge is 2.42. The molecule has 1 aromatic carbocycles. The first kappa shape index (κ1) is 30.8. The Labute approximate surface area is 241 Å². The molecule has 0 atom stereocenters. The van der Waals surface area contributed by atoms with Gasteiger partial charge in [-0.2, -0.15) is 10.3 Å². The molecule has 0 radical (unpaired) electrons. The molecule has 1 aromatic heterocycles. The lowest BCUT2D eigenvalue weighted by atomic mass is 9.93. The Hall–Kier alpha value is -3.77. The predicted molar refractivity (Wildman–Crippen MR) is 160 cm³/mol. The standard InChI is InChI=1S/C31H39N5O3S/c1-8-10-17-35(18-11-9-2)30-33-26(22-15-13-12-14-16-22)25(40-30)19-23-21(3)24(20-32)28(38)36(27(23)37)34(7)29(39)31(4,5)6/h12-16,19H,8-11,17-18H2,1-7H3/b23-19-. The number of amides is 3. The van der Waals surface area contributed by atoms with E-state index in [0.717, 1.165) is 70.1 Å². The lowest BCUT2D eigenvalue weighted by Gasteiger charge is -2.36. The summed E-state index contributed by atoms with van der Waals surface area (Å²) in [5.74, 6) is -1.87. The van der Waals surface area contributed by atoms with Crippen LogP contribution in [0.4, 0.5) is 5.13 Å². The van der Waals surface area contributed by atoms with Crippen molar-refractivity contribution >= 4 is 40.3 Å². The Morgan fingerprint density at radius 2 is 1.68 bits per heavy atom. The first-order valence-electron chi connectivity index (χ1n) is 13.8. The number of hydrogen-bond acceptors (Lipinski definition) is 7. The first-order chi connectivity index (χ1) is 19.0. The summed E-state index contributed by atoms with van der Waals surface area (Å²) in [5.41, 5.74) is 1.10. The molecule has 0 aliphatic carbocycles. The Balaban J connectivity index is 2.20. The number of nitrogens with zero attached hydrogens (tertiary/aromatic N) is 5. The molecule has 40 heavy (non-hydrogen) atoms. The van der Waals surface area contributed by atoms with Gasteiger partial charge in [-0.05, 0) is 31.4 Å². The Morgan fingerprint density at radius 1 is 1.07 bits per heavy atom. The van der Waals surface area contributed by atoms with Crippen LogP contribution in [0.25, 0.3) is 17.3 Å². The zero-order valence-corrected chi connectivity index (χ0v) is 25.4. The van der Waals surface area contributed by atoms with Gasteiger partial charge in [-0.15, -0.1) is 0 Å². The maximum absolute atomic E-state index is 13.8. The topological polar surface area (TPSA) is 97.6 Å². The Kier molecular flexibility index (Phi) is 10.0. The Bertz CT molecular complexity index is 1350. The van der Waals surface area contributed by atoms with Gasteiger partial charge < -0.3 is 4.90 Å². The smallest absolute Gasteiger partial charge is 0.290 e. The molecule has 9 heteroatoms.